The lowest BCUT2D eigenvalue weighted by molar-refractivity contribution is -0.112. The summed E-state index contributed by atoms with van der Waals surface area (Å²) in [6.45, 7) is 4.56. The minimum atomic E-state index is -0.254. The van der Waals surface area contributed by atoms with Crippen molar-refractivity contribution in [2.24, 2.45) is 0 Å². The standard InChI is InChI=1S/C6H10OSi2/c1-8-4-3-6(7)5-9(8)2/h3-4H,5H2,1-2H3. The van der Waals surface area contributed by atoms with E-state index in [2.05, 4.69) is 18.8 Å². The number of hydrogen-bond donors (Lipinski definition) is 0. The van der Waals surface area contributed by atoms with Crippen molar-refractivity contribution >= 4 is 21.6 Å². The molecule has 0 saturated carbocycles. The first kappa shape index (κ1) is 6.96. The molecule has 0 spiro atoms. The molecule has 0 bridgehead atoms. The third-order valence-electron chi connectivity index (χ3n) is 1.63. The van der Waals surface area contributed by atoms with Gasteiger partial charge >= 0.3 is 0 Å². The highest BCUT2D eigenvalue weighted by Crippen LogP contribution is 1.97. The second kappa shape index (κ2) is 2.62. The van der Waals surface area contributed by atoms with Crippen LogP contribution in [0.2, 0.25) is 19.1 Å². The quantitative estimate of drug-likeness (QED) is 0.476. The molecular formula is C6H10OSi2. The van der Waals surface area contributed by atoms with Crippen molar-refractivity contribution in [3.8, 4) is 0 Å². The molecular weight excluding hydrogens is 144 g/mol. The first-order valence-electron chi connectivity index (χ1n) is 3.07. The molecule has 1 aliphatic heterocycles. The fraction of sp³-hybridized carbons (Fsp3) is 0.500. The average molecular weight is 154 g/mol. The van der Waals surface area contributed by atoms with E-state index < -0.39 is 0 Å². The van der Waals surface area contributed by atoms with Gasteiger partial charge in [0.2, 0.25) is 0 Å². The van der Waals surface area contributed by atoms with Crippen LogP contribution in [0.4, 0.5) is 0 Å². The van der Waals surface area contributed by atoms with Crippen LogP contribution in [0.15, 0.2) is 11.8 Å². The molecule has 0 aromatic heterocycles. The second-order valence-electron chi connectivity index (χ2n) is 2.44. The Kier molecular flexibility index (Phi) is 2.02. The molecule has 0 aromatic carbocycles. The molecule has 1 rings (SSSR count). The van der Waals surface area contributed by atoms with Gasteiger partial charge in [-0.2, -0.15) is 0 Å². The normalized spacial score (nSPS) is 19.1. The first-order chi connectivity index (χ1) is 4.20. The van der Waals surface area contributed by atoms with Crippen LogP contribution < -0.4 is 0 Å². The number of rotatable bonds is 0. The molecule has 0 amide bonds. The summed E-state index contributed by atoms with van der Waals surface area (Å²) >= 11 is 0. The smallest absolute Gasteiger partial charge is 0.155 e. The van der Waals surface area contributed by atoms with Crippen LogP contribution >= 0.6 is 0 Å². The van der Waals surface area contributed by atoms with Gasteiger partial charge < -0.3 is 0 Å². The molecule has 48 valence electrons. The van der Waals surface area contributed by atoms with Crippen molar-refractivity contribution in [2.75, 3.05) is 0 Å². The maximum atomic E-state index is 10.8. The first-order valence-corrected chi connectivity index (χ1v) is 8.36. The van der Waals surface area contributed by atoms with Gasteiger partial charge in [-0.15, -0.1) is 0 Å². The van der Waals surface area contributed by atoms with E-state index in [9.17, 15) is 4.79 Å². The molecule has 0 aromatic rings. The molecule has 0 unspecified atom stereocenters. The Labute approximate surface area is 57.9 Å². The number of hydrogen-bond acceptors (Lipinski definition) is 1. The van der Waals surface area contributed by atoms with Crippen LogP contribution in [0, 0.1) is 0 Å². The van der Waals surface area contributed by atoms with Gasteiger partial charge in [0.1, 0.15) is 0 Å². The van der Waals surface area contributed by atoms with Gasteiger partial charge in [0.15, 0.2) is 5.78 Å². The molecule has 0 fully saturated rings. The van der Waals surface area contributed by atoms with E-state index in [4.69, 9.17) is 0 Å². The van der Waals surface area contributed by atoms with Crippen LogP contribution in [0.3, 0.4) is 0 Å². The fourth-order valence-corrected chi connectivity index (χ4v) is 4.92. The summed E-state index contributed by atoms with van der Waals surface area (Å²) in [5.41, 5.74) is 2.14. The van der Waals surface area contributed by atoms with E-state index in [0.29, 0.717) is 5.78 Å². The van der Waals surface area contributed by atoms with Crippen molar-refractivity contribution in [2.45, 2.75) is 19.1 Å². The van der Waals surface area contributed by atoms with Crippen molar-refractivity contribution < 1.29 is 4.79 Å². The Bertz CT molecular complexity index is 203. The fourth-order valence-electron chi connectivity index (χ4n) is 0.820. The van der Waals surface area contributed by atoms with Crippen LogP contribution in [0.5, 0.6) is 0 Å². The van der Waals surface area contributed by atoms with E-state index in [1.54, 1.807) is 6.08 Å². The monoisotopic (exact) mass is 154 g/mol. The van der Waals surface area contributed by atoms with Gasteiger partial charge in [-0.25, -0.2) is 0 Å². The van der Waals surface area contributed by atoms with Gasteiger partial charge in [-0.3, -0.25) is 4.79 Å². The van der Waals surface area contributed by atoms with Gasteiger partial charge in [-0.1, -0.05) is 18.8 Å². The molecule has 1 nitrogen and oxygen atoms in total. The summed E-state index contributed by atoms with van der Waals surface area (Å²) in [7, 11) is -0.457. The maximum absolute atomic E-state index is 10.8. The number of allylic oxidation sites excluding steroid dienone is 1. The Hall–Kier alpha value is -0.156. The lowest BCUT2D eigenvalue weighted by Crippen LogP contribution is -2.17. The highest BCUT2D eigenvalue weighted by atomic mass is 28.9. The summed E-state index contributed by atoms with van der Waals surface area (Å²) in [5, 5.41) is 0. The van der Waals surface area contributed by atoms with Crippen molar-refractivity contribution in [1.82, 2.24) is 0 Å². The number of carbonyl (C=O) groups is 1. The highest BCUT2D eigenvalue weighted by Gasteiger charge is 2.06. The van der Waals surface area contributed by atoms with E-state index in [1.807, 2.05) is 0 Å². The lowest BCUT2D eigenvalue weighted by Gasteiger charge is -2.03. The van der Waals surface area contributed by atoms with Crippen molar-refractivity contribution in [3.05, 3.63) is 11.8 Å². The molecule has 0 N–H and O–H groups in total. The van der Waals surface area contributed by atoms with E-state index in [1.165, 1.54) is 0 Å². The Morgan fingerprint density at radius 3 is 2.67 bits per heavy atom. The minimum absolute atomic E-state index is 0.203. The molecule has 0 saturated heterocycles. The van der Waals surface area contributed by atoms with Gasteiger partial charge in [0.25, 0.3) is 0 Å². The summed E-state index contributed by atoms with van der Waals surface area (Å²) in [6, 6.07) is 0.881. The van der Waals surface area contributed by atoms with Crippen LogP contribution in [0.1, 0.15) is 0 Å². The molecule has 9 heavy (non-hydrogen) atoms. The number of ketones is 1. The zero-order valence-electron chi connectivity index (χ0n) is 5.77. The largest absolute Gasteiger partial charge is 0.295 e. The summed E-state index contributed by atoms with van der Waals surface area (Å²) in [6.07, 6.45) is 1.77. The maximum Gasteiger partial charge on any atom is 0.155 e. The third kappa shape index (κ3) is 1.62. The van der Waals surface area contributed by atoms with Gasteiger partial charge in [0, 0.05) is 13.9 Å². The summed E-state index contributed by atoms with van der Waals surface area (Å²) in [4.78, 5) is 10.8. The van der Waals surface area contributed by atoms with Crippen LogP contribution in [0.25, 0.3) is 0 Å². The number of carbonyl (C=O) groups excluding carboxylic acids is 1. The van der Waals surface area contributed by atoms with Crippen LogP contribution in [-0.4, -0.2) is 21.6 Å². The van der Waals surface area contributed by atoms with Crippen molar-refractivity contribution in [1.29, 1.82) is 0 Å². The van der Waals surface area contributed by atoms with E-state index in [0.717, 1.165) is 6.04 Å². The van der Waals surface area contributed by atoms with Crippen molar-refractivity contribution in [3.63, 3.8) is 0 Å². The molecule has 0 radical (unpaired) electrons. The minimum Gasteiger partial charge on any atom is -0.295 e. The zero-order chi connectivity index (χ0) is 6.85. The topological polar surface area (TPSA) is 17.1 Å². The predicted molar refractivity (Wildman–Crippen MR) is 42.2 cm³/mol. The highest BCUT2D eigenvalue weighted by molar-refractivity contribution is 6.99. The van der Waals surface area contributed by atoms with Gasteiger partial charge in [-0.05, 0) is 14.0 Å². The molecule has 1 aliphatic rings. The van der Waals surface area contributed by atoms with E-state index in [-0.39, 0.29) is 15.8 Å². The van der Waals surface area contributed by atoms with Gasteiger partial charge in [0.05, 0.1) is 0 Å². The van der Waals surface area contributed by atoms with E-state index >= 15 is 0 Å². The Morgan fingerprint density at radius 1 is 1.56 bits per heavy atom. The Balaban J connectivity index is 2.87. The SMILES string of the molecule is C[Si]1=[Si](C)CC(=O)C=C1. The third-order valence-corrected chi connectivity index (χ3v) is 9.59. The summed E-state index contributed by atoms with van der Waals surface area (Å²) < 4.78 is 0. The zero-order valence-corrected chi connectivity index (χ0v) is 7.77. The predicted octanol–water partition coefficient (Wildman–Crippen LogP) is 0.992. The molecule has 3 heteroatoms. The van der Waals surface area contributed by atoms with Crippen LogP contribution in [-0.2, 0) is 4.79 Å². The Morgan fingerprint density at radius 2 is 2.22 bits per heavy atom. The second-order valence-corrected chi connectivity index (χ2v) is 11.0. The molecule has 0 atom stereocenters. The molecule has 1 heterocycles. The average Bonchev–Trinajstić information content (AvgIpc) is 1.80. The lowest BCUT2D eigenvalue weighted by atomic mass is 10.4. The molecule has 0 aliphatic carbocycles. The summed E-state index contributed by atoms with van der Waals surface area (Å²) in [5.74, 6) is 0.349.